The number of carbonyl (C=O) groups excluding carboxylic acids is 1. The summed E-state index contributed by atoms with van der Waals surface area (Å²) in [6.45, 7) is 3.89. The molecule has 0 aliphatic heterocycles. The van der Waals surface area contributed by atoms with Crippen molar-refractivity contribution in [1.82, 2.24) is 0 Å². The van der Waals surface area contributed by atoms with E-state index < -0.39 is 5.97 Å². The van der Waals surface area contributed by atoms with Gasteiger partial charge in [0.25, 0.3) is 0 Å². The number of unbranched alkanes of at least 4 members (excludes halogenated alkanes) is 4. The van der Waals surface area contributed by atoms with Gasteiger partial charge in [-0.1, -0.05) is 46.0 Å². The van der Waals surface area contributed by atoms with Crippen LogP contribution < -0.4 is 34.7 Å². The normalized spacial score (nSPS) is 11.8. The molecule has 0 unspecified atom stereocenters. The molecule has 3 heteroatoms. The molecule has 0 radical (unpaired) electrons. The zero-order valence-corrected chi connectivity index (χ0v) is 11.1. The predicted octanol–water partition coefficient (Wildman–Crippen LogP) is -1.26. The van der Waals surface area contributed by atoms with Gasteiger partial charge in [-0.15, -0.1) is 0 Å². The second-order valence-corrected chi connectivity index (χ2v) is 3.42. The maximum Gasteiger partial charge on any atom is 1.00 e. The van der Waals surface area contributed by atoms with E-state index in [1.54, 1.807) is 6.92 Å². The standard InChI is InChI=1S/C10H20O2.Na/c1-3-4-5-6-7-8-9(2)10(11)12;/h9H,3-8H2,1-2H3,(H,11,12);/q;+1/p-1/t9-;/m1./s1. The van der Waals surface area contributed by atoms with Crippen LogP contribution in [0.15, 0.2) is 0 Å². The van der Waals surface area contributed by atoms with E-state index in [1.807, 2.05) is 0 Å². The summed E-state index contributed by atoms with van der Waals surface area (Å²) in [6.07, 6.45) is 6.68. The van der Waals surface area contributed by atoms with Crippen molar-refractivity contribution in [2.45, 2.75) is 52.4 Å². The van der Waals surface area contributed by atoms with Crippen molar-refractivity contribution in [3.05, 3.63) is 0 Å². The van der Waals surface area contributed by atoms with Crippen molar-refractivity contribution in [3.63, 3.8) is 0 Å². The molecule has 0 aliphatic rings. The Labute approximate surface area is 103 Å². The van der Waals surface area contributed by atoms with E-state index in [4.69, 9.17) is 0 Å². The third-order valence-electron chi connectivity index (χ3n) is 2.14. The van der Waals surface area contributed by atoms with Crippen molar-refractivity contribution in [1.29, 1.82) is 0 Å². The van der Waals surface area contributed by atoms with Gasteiger partial charge in [0.15, 0.2) is 0 Å². The number of aliphatic carboxylic acids is 1. The largest absolute Gasteiger partial charge is 1.00 e. The van der Waals surface area contributed by atoms with E-state index in [2.05, 4.69) is 6.92 Å². The molecular weight excluding hydrogens is 175 g/mol. The minimum atomic E-state index is -0.912. The van der Waals surface area contributed by atoms with Crippen LogP contribution in [0, 0.1) is 5.92 Å². The molecule has 0 spiro atoms. The zero-order valence-electron chi connectivity index (χ0n) is 9.14. The Morgan fingerprint density at radius 1 is 1.23 bits per heavy atom. The fourth-order valence-electron chi connectivity index (χ4n) is 1.17. The first-order chi connectivity index (χ1) is 5.68. The van der Waals surface area contributed by atoms with Gasteiger partial charge in [-0.05, 0) is 12.3 Å². The molecule has 0 N–H and O–H groups in total. The van der Waals surface area contributed by atoms with E-state index in [9.17, 15) is 9.90 Å². The first-order valence-electron chi connectivity index (χ1n) is 4.89. The van der Waals surface area contributed by atoms with Gasteiger partial charge in [0.2, 0.25) is 0 Å². The summed E-state index contributed by atoms with van der Waals surface area (Å²) in [5, 5.41) is 10.3. The second-order valence-electron chi connectivity index (χ2n) is 3.42. The van der Waals surface area contributed by atoms with Crippen LogP contribution in [0.25, 0.3) is 0 Å². The Morgan fingerprint density at radius 2 is 1.77 bits per heavy atom. The molecule has 1 atom stereocenters. The van der Waals surface area contributed by atoms with Crippen LogP contribution in [0.1, 0.15) is 52.4 Å². The Bertz CT molecular complexity index is 126. The fraction of sp³-hybridized carbons (Fsp3) is 0.900. The van der Waals surface area contributed by atoms with Crippen molar-refractivity contribution in [3.8, 4) is 0 Å². The minimum absolute atomic E-state index is 0. The molecule has 0 aromatic heterocycles. The predicted molar refractivity (Wildman–Crippen MR) is 47.5 cm³/mol. The third-order valence-corrected chi connectivity index (χ3v) is 2.14. The molecule has 0 saturated carbocycles. The van der Waals surface area contributed by atoms with Crippen LogP contribution in [0.4, 0.5) is 0 Å². The maximum atomic E-state index is 10.3. The van der Waals surface area contributed by atoms with Gasteiger partial charge in [-0.25, -0.2) is 0 Å². The first-order valence-corrected chi connectivity index (χ1v) is 4.89. The van der Waals surface area contributed by atoms with E-state index in [0.717, 1.165) is 19.3 Å². The molecule has 0 aromatic rings. The molecule has 0 heterocycles. The van der Waals surface area contributed by atoms with Gasteiger partial charge in [0.1, 0.15) is 0 Å². The summed E-state index contributed by atoms with van der Waals surface area (Å²) >= 11 is 0. The Balaban J connectivity index is 0. The number of rotatable bonds is 7. The molecule has 0 aromatic carbocycles. The van der Waals surface area contributed by atoms with E-state index in [-0.39, 0.29) is 35.5 Å². The fourth-order valence-corrected chi connectivity index (χ4v) is 1.17. The summed E-state index contributed by atoms with van der Waals surface area (Å²) in [4.78, 5) is 10.3. The molecule has 2 nitrogen and oxygen atoms in total. The van der Waals surface area contributed by atoms with Crippen LogP contribution in [0.2, 0.25) is 0 Å². The summed E-state index contributed by atoms with van der Waals surface area (Å²) < 4.78 is 0. The number of carboxylic acid groups (broad SMARTS) is 1. The zero-order chi connectivity index (χ0) is 9.40. The van der Waals surface area contributed by atoms with Gasteiger partial charge < -0.3 is 9.90 Å². The quantitative estimate of drug-likeness (QED) is 0.375. The Kier molecular flexibility index (Phi) is 12.9. The van der Waals surface area contributed by atoms with Crippen LogP contribution >= 0.6 is 0 Å². The van der Waals surface area contributed by atoms with Crippen LogP contribution in [-0.4, -0.2) is 5.97 Å². The van der Waals surface area contributed by atoms with Crippen LogP contribution in [0.5, 0.6) is 0 Å². The van der Waals surface area contributed by atoms with Crippen molar-refractivity contribution in [2.24, 2.45) is 5.92 Å². The van der Waals surface area contributed by atoms with Crippen LogP contribution in [0.3, 0.4) is 0 Å². The van der Waals surface area contributed by atoms with Gasteiger partial charge in [-0.3, -0.25) is 0 Å². The summed E-state index contributed by atoms with van der Waals surface area (Å²) in [5.74, 6) is -1.18. The van der Waals surface area contributed by atoms with Gasteiger partial charge in [0.05, 0.1) is 0 Å². The number of hydrogen-bond donors (Lipinski definition) is 0. The van der Waals surface area contributed by atoms with Crippen molar-refractivity contribution < 1.29 is 39.5 Å². The molecule has 0 bridgehead atoms. The Morgan fingerprint density at radius 3 is 2.23 bits per heavy atom. The van der Waals surface area contributed by atoms with Crippen molar-refractivity contribution >= 4 is 5.97 Å². The van der Waals surface area contributed by atoms with Gasteiger partial charge in [0, 0.05) is 5.97 Å². The summed E-state index contributed by atoms with van der Waals surface area (Å²) in [7, 11) is 0. The van der Waals surface area contributed by atoms with E-state index >= 15 is 0 Å². The van der Waals surface area contributed by atoms with E-state index in [1.165, 1.54) is 19.3 Å². The van der Waals surface area contributed by atoms with Crippen LogP contribution in [-0.2, 0) is 4.79 Å². The summed E-state index contributed by atoms with van der Waals surface area (Å²) in [6, 6.07) is 0. The number of hydrogen-bond acceptors (Lipinski definition) is 2. The molecule has 0 fully saturated rings. The van der Waals surface area contributed by atoms with Gasteiger partial charge in [-0.2, -0.15) is 0 Å². The van der Waals surface area contributed by atoms with Crippen molar-refractivity contribution in [2.75, 3.05) is 0 Å². The number of carbonyl (C=O) groups is 1. The third kappa shape index (κ3) is 10.4. The SMILES string of the molecule is CCCCCCC[C@@H](C)C(=O)[O-].[Na+]. The monoisotopic (exact) mass is 194 g/mol. The molecule has 0 rings (SSSR count). The molecule has 72 valence electrons. The number of carboxylic acids is 1. The molecular formula is C10H19NaO2. The second kappa shape index (κ2) is 10.6. The average molecular weight is 194 g/mol. The maximum absolute atomic E-state index is 10.3. The van der Waals surface area contributed by atoms with E-state index in [0.29, 0.717) is 0 Å². The van der Waals surface area contributed by atoms with Gasteiger partial charge >= 0.3 is 29.6 Å². The molecule has 13 heavy (non-hydrogen) atoms. The molecule has 0 aliphatic carbocycles. The smallest absolute Gasteiger partial charge is 0.550 e. The topological polar surface area (TPSA) is 40.1 Å². The molecule has 0 amide bonds. The summed E-state index contributed by atoms with van der Waals surface area (Å²) in [5.41, 5.74) is 0. The molecule has 0 saturated heterocycles. The average Bonchev–Trinajstić information content (AvgIpc) is 2.03. The minimum Gasteiger partial charge on any atom is -0.550 e. The Hall–Kier alpha value is 0.470. The first kappa shape index (κ1) is 15.9.